The highest BCUT2D eigenvalue weighted by Crippen LogP contribution is 2.29. The van der Waals surface area contributed by atoms with Gasteiger partial charge in [-0.2, -0.15) is 0 Å². The fourth-order valence-electron chi connectivity index (χ4n) is 3.81. The molecule has 2 N–H and O–H groups in total. The third-order valence-corrected chi connectivity index (χ3v) is 5.70. The van der Waals surface area contributed by atoms with Gasteiger partial charge in [0.05, 0.1) is 21.3 Å². The fourth-order valence-corrected chi connectivity index (χ4v) is 3.81. The number of rotatable bonds is 8. The van der Waals surface area contributed by atoms with Gasteiger partial charge in [0.15, 0.2) is 17.5 Å². The van der Waals surface area contributed by atoms with Crippen molar-refractivity contribution in [3.05, 3.63) is 48.0 Å². The Hall–Kier alpha value is -2.93. The van der Waals surface area contributed by atoms with Crippen LogP contribution in [0, 0.1) is 5.92 Å². The van der Waals surface area contributed by atoms with Crippen molar-refractivity contribution >= 4 is 11.6 Å². The summed E-state index contributed by atoms with van der Waals surface area (Å²) in [5.74, 6) is 3.69. The van der Waals surface area contributed by atoms with Gasteiger partial charge in [0, 0.05) is 31.9 Å². The molecule has 7 heteroatoms. The topological polar surface area (TPSA) is 67.4 Å². The van der Waals surface area contributed by atoms with Crippen molar-refractivity contribution < 1.29 is 14.2 Å². The van der Waals surface area contributed by atoms with E-state index in [1.54, 1.807) is 28.4 Å². The van der Waals surface area contributed by atoms with Crippen LogP contribution in [0.1, 0.15) is 18.4 Å². The number of methoxy groups -OCH3 is 3. The van der Waals surface area contributed by atoms with Crippen LogP contribution < -0.4 is 24.8 Å². The molecular weight excluding hydrogens is 392 g/mol. The number of nitrogens with one attached hydrogen (secondary N) is 2. The number of nitrogens with zero attached hydrogens (tertiary/aromatic N) is 2. The first-order valence-corrected chi connectivity index (χ1v) is 10.7. The molecule has 0 unspecified atom stereocenters. The number of hydrogen-bond donors (Lipinski definition) is 2. The van der Waals surface area contributed by atoms with Crippen LogP contribution in [0.3, 0.4) is 0 Å². The number of anilines is 1. The predicted molar refractivity (Wildman–Crippen MR) is 126 cm³/mol. The minimum absolute atomic E-state index is 0.635. The summed E-state index contributed by atoms with van der Waals surface area (Å²) in [6.45, 7) is 4.12. The van der Waals surface area contributed by atoms with E-state index in [-0.39, 0.29) is 0 Å². The van der Waals surface area contributed by atoms with Crippen LogP contribution in [-0.2, 0) is 6.54 Å². The second-order valence-electron chi connectivity index (χ2n) is 7.72. The van der Waals surface area contributed by atoms with E-state index >= 15 is 0 Å². The molecular formula is C24H34N4O3. The highest BCUT2D eigenvalue weighted by Gasteiger charge is 2.19. The Morgan fingerprint density at radius 3 is 2.29 bits per heavy atom. The van der Waals surface area contributed by atoms with E-state index in [1.165, 1.54) is 18.4 Å². The van der Waals surface area contributed by atoms with E-state index in [4.69, 9.17) is 14.2 Å². The van der Waals surface area contributed by atoms with Crippen molar-refractivity contribution in [2.24, 2.45) is 10.9 Å². The van der Waals surface area contributed by atoms with Crippen LogP contribution in [0.15, 0.2) is 47.5 Å². The molecule has 168 valence electrons. The van der Waals surface area contributed by atoms with Gasteiger partial charge in [-0.05, 0) is 61.7 Å². The zero-order chi connectivity index (χ0) is 22.1. The molecule has 1 fully saturated rings. The van der Waals surface area contributed by atoms with E-state index in [2.05, 4.69) is 32.7 Å². The van der Waals surface area contributed by atoms with Gasteiger partial charge in [0.1, 0.15) is 5.75 Å². The third kappa shape index (κ3) is 6.52. The lowest BCUT2D eigenvalue weighted by molar-refractivity contribution is 0.178. The lowest BCUT2D eigenvalue weighted by atomic mass is 9.96. The molecule has 0 amide bonds. The molecule has 2 aromatic rings. The first kappa shape index (κ1) is 22.7. The number of ether oxygens (including phenoxy) is 3. The SMILES string of the molecule is CN=C(NCC1CCN(Cc2ccc(OC)cc2)CC1)Nc1ccc(OC)c(OC)c1. The van der Waals surface area contributed by atoms with Crippen LogP contribution in [0.2, 0.25) is 0 Å². The maximum atomic E-state index is 5.38. The summed E-state index contributed by atoms with van der Waals surface area (Å²) in [6, 6.07) is 14.1. The van der Waals surface area contributed by atoms with E-state index < -0.39 is 0 Å². The second-order valence-corrected chi connectivity index (χ2v) is 7.72. The third-order valence-electron chi connectivity index (χ3n) is 5.70. The molecule has 0 bridgehead atoms. The molecule has 2 aromatic carbocycles. The summed E-state index contributed by atoms with van der Waals surface area (Å²) in [4.78, 5) is 6.88. The zero-order valence-electron chi connectivity index (χ0n) is 19.0. The van der Waals surface area contributed by atoms with Gasteiger partial charge in [0.2, 0.25) is 0 Å². The summed E-state index contributed by atoms with van der Waals surface area (Å²) in [5.41, 5.74) is 2.23. The molecule has 3 rings (SSSR count). The van der Waals surface area contributed by atoms with Crippen molar-refractivity contribution in [3.8, 4) is 17.2 Å². The average Bonchev–Trinajstić information content (AvgIpc) is 2.83. The van der Waals surface area contributed by atoms with Crippen molar-refractivity contribution in [1.29, 1.82) is 0 Å². The maximum absolute atomic E-state index is 5.38. The van der Waals surface area contributed by atoms with E-state index in [0.717, 1.165) is 43.6 Å². The van der Waals surface area contributed by atoms with Gasteiger partial charge in [-0.3, -0.25) is 9.89 Å². The standard InChI is InChI=1S/C24H34N4O3/c1-25-24(27-20-7-10-22(30-3)23(15-20)31-4)26-16-18-11-13-28(14-12-18)17-19-5-8-21(29-2)9-6-19/h5-10,15,18H,11-14,16-17H2,1-4H3,(H2,25,26,27). The number of hydrogen-bond acceptors (Lipinski definition) is 5. The molecule has 0 atom stereocenters. The molecule has 7 nitrogen and oxygen atoms in total. The molecule has 0 radical (unpaired) electrons. The van der Waals surface area contributed by atoms with E-state index in [1.807, 2.05) is 30.3 Å². The van der Waals surface area contributed by atoms with Crippen LogP contribution in [0.25, 0.3) is 0 Å². The van der Waals surface area contributed by atoms with Crippen LogP contribution >= 0.6 is 0 Å². The van der Waals surface area contributed by atoms with Gasteiger partial charge in [-0.25, -0.2) is 0 Å². The lowest BCUT2D eigenvalue weighted by Crippen LogP contribution is -2.40. The molecule has 0 aromatic heterocycles. The van der Waals surface area contributed by atoms with Gasteiger partial charge in [-0.1, -0.05) is 12.1 Å². The van der Waals surface area contributed by atoms with E-state index in [9.17, 15) is 0 Å². The molecule has 1 aliphatic heterocycles. The number of guanidine groups is 1. The van der Waals surface area contributed by atoms with Crippen LogP contribution in [0.5, 0.6) is 17.2 Å². The summed E-state index contributed by atoms with van der Waals surface area (Å²) < 4.78 is 15.9. The van der Waals surface area contributed by atoms with Crippen molar-refractivity contribution in [3.63, 3.8) is 0 Å². The van der Waals surface area contributed by atoms with Crippen LogP contribution in [-0.4, -0.2) is 58.9 Å². The maximum Gasteiger partial charge on any atom is 0.195 e. The molecule has 1 saturated heterocycles. The number of benzene rings is 2. The Kier molecular flexibility index (Phi) is 8.41. The Labute approximate surface area is 185 Å². The Morgan fingerprint density at radius 2 is 1.68 bits per heavy atom. The molecule has 1 aliphatic rings. The first-order valence-electron chi connectivity index (χ1n) is 10.7. The van der Waals surface area contributed by atoms with Crippen molar-refractivity contribution in [2.75, 3.05) is 53.3 Å². The number of piperidine rings is 1. The predicted octanol–water partition coefficient (Wildman–Crippen LogP) is 3.61. The smallest absolute Gasteiger partial charge is 0.195 e. The van der Waals surface area contributed by atoms with Gasteiger partial charge in [-0.15, -0.1) is 0 Å². The highest BCUT2D eigenvalue weighted by atomic mass is 16.5. The Bertz CT molecular complexity index is 846. The second kappa shape index (κ2) is 11.5. The largest absolute Gasteiger partial charge is 0.497 e. The Morgan fingerprint density at radius 1 is 0.968 bits per heavy atom. The summed E-state index contributed by atoms with van der Waals surface area (Å²) in [7, 11) is 6.75. The van der Waals surface area contributed by atoms with Crippen molar-refractivity contribution in [1.82, 2.24) is 10.2 Å². The summed E-state index contributed by atoms with van der Waals surface area (Å²) in [5, 5.41) is 6.79. The molecule has 1 heterocycles. The Balaban J connectivity index is 1.43. The number of aliphatic imine (C=N–C) groups is 1. The molecule has 0 saturated carbocycles. The normalized spacial score (nSPS) is 15.4. The minimum atomic E-state index is 0.635. The van der Waals surface area contributed by atoms with Gasteiger partial charge >= 0.3 is 0 Å². The fraction of sp³-hybridized carbons (Fsp3) is 0.458. The summed E-state index contributed by atoms with van der Waals surface area (Å²) in [6.07, 6.45) is 2.35. The zero-order valence-corrected chi connectivity index (χ0v) is 19.0. The highest BCUT2D eigenvalue weighted by molar-refractivity contribution is 5.93. The monoisotopic (exact) mass is 426 g/mol. The van der Waals surface area contributed by atoms with Gasteiger partial charge < -0.3 is 24.8 Å². The number of likely N-dealkylation sites (tertiary alicyclic amines) is 1. The summed E-state index contributed by atoms with van der Waals surface area (Å²) >= 11 is 0. The molecule has 0 aliphatic carbocycles. The average molecular weight is 427 g/mol. The lowest BCUT2D eigenvalue weighted by Gasteiger charge is -2.32. The van der Waals surface area contributed by atoms with Crippen molar-refractivity contribution in [2.45, 2.75) is 19.4 Å². The molecule has 31 heavy (non-hydrogen) atoms. The van der Waals surface area contributed by atoms with Gasteiger partial charge in [0.25, 0.3) is 0 Å². The van der Waals surface area contributed by atoms with E-state index in [0.29, 0.717) is 17.4 Å². The first-order chi connectivity index (χ1) is 15.1. The molecule has 0 spiro atoms. The quantitative estimate of drug-likeness (QED) is 0.497. The minimum Gasteiger partial charge on any atom is -0.497 e. The van der Waals surface area contributed by atoms with Crippen LogP contribution in [0.4, 0.5) is 5.69 Å².